The lowest BCUT2D eigenvalue weighted by molar-refractivity contribution is -0.137. The third kappa shape index (κ3) is 5.45. The molecule has 40 heavy (non-hydrogen) atoms. The van der Waals surface area contributed by atoms with Crippen LogP contribution in [0, 0.1) is 11.3 Å². The summed E-state index contributed by atoms with van der Waals surface area (Å²) < 4.78 is 45.4. The lowest BCUT2D eigenvalue weighted by Crippen LogP contribution is -2.50. The smallest absolute Gasteiger partial charge is 0.416 e. The Morgan fingerprint density at radius 3 is 2.30 bits per heavy atom. The minimum atomic E-state index is -4.64. The van der Waals surface area contributed by atoms with Crippen LogP contribution in [0.3, 0.4) is 0 Å². The highest BCUT2D eigenvalue weighted by Gasteiger charge is 2.42. The number of carbonyl (C=O) groups is 3. The monoisotopic (exact) mass is 547 g/mol. The summed E-state index contributed by atoms with van der Waals surface area (Å²) in [5, 5.41) is 9.24. The van der Waals surface area contributed by atoms with Crippen LogP contribution in [0.1, 0.15) is 52.5 Å². The van der Waals surface area contributed by atoms with Crippen molar-refractivity contribution < 1.29 is 32.3 Å². The maximum Gasteiger partial charge on any atom is 0.416 e. The van der Waals surface area contributed by atoms with Crippen molar-refractivity contribution in [1.29, 1.82) is 5.26 Å². The van der Waals surface area contributed by atoms with Gasteiger partial charge in [0.2, 0.25) is 0 Å². The van der Waals surface area contributed by atoms with Gasteiger partial charge in [0, 0.05) is 17.8 Å². The topological polar surface area (TPSA) is 90.7 Å². The fraction of sp³-hybridized carbons (Fsp3) is 0.200. The number of methoxy groups -OCH3 is 1. The lowest BCUT2D eigenvalue weighted by atomic mass is 9.89. The first-order valence-corrected chi connectivity index (χ1v) is 12.1. The van der Waals surface area contributed by atoms with Gasteiger partial charge in [0.05, 0.1) is 41.6 Å². The molecule has 0 saturated heterocycles. The number of anilines is 1. The second-order valence-electron chi connectivity index (χ2n) is 9.18. The number of hydrogen-bond acceptors (Lipinski definition) is 5. The van der Waals surface area contributed by atoms with E-state index < -0.39 is 29.8 Å². The van der Waals surface area contributed by atoms with Crippen molar-refractivity contribution >= 4 is 23.5 Å². The molecule has 1 aliphatic rings. The Bertz CT molecular complexity index is 1560. The fourth-order valence-corrected chi connectivity index (χ4v) is 4.79. The van der Waals surface area contributed by atoms with Crippen LogP contribution in [-0.2, 0) is 22.3 Å². The van der Waals surface area contributed by atoms with Crippen molar-refractivity contribution in [2.75, 3.05) is 12.0 Å². The van der Waals surface area contributed by atoms with Gasteiger partial charge in [-0.05, 0) is 67.4 Å². The Balaban J connectivity index is 1.92. The number of nitriles is 1. The average Bonchev–Trinajstić information content (AvgIpc) is 2.93. The van der Waals surface area contributed by atoms with Crippen LogP contribution >= 0.6 is 0 Å². The maximum atomic E-state index is 14.1. The molecule has 0 spiro atoms. The second-order valence-corrected chi connectivity index (χ2v) is 9.18. The summed E-state index contributed by atoms with van der Waals surface area (Å²) in [4.78, 5) is 41.8. The molecule has 10 heteroatoms. The largest absolute Gasteiger partial charge is 0.465 e. The molecule has 1 unspecified atom stereocenters. The zero-order valence-corrected chi connectivity index (χ0v) is 21.8. The van der Waals surface area contributed by atoms with Crippen LogP contribution in [0.4, 0.5) is 23.7 Å². The first-order valence-electron chi connectivity index (χ1n) is 12.1. The molecule has 7 nitrogen and oxygen atoms in total. The minimum Gasteiger partial charge on any atom is -0.465 e. The van der Waals surface area contributed by atoms with Crippen molar-refractivity contribution in [3.63, 3.8) is 0 Å². The highest BCUT2D eigenvalue weighted by molar-refractivity contribution is 6.05. The van der Waals surface area contributed by atoms with E-state index in [9.17, 15) is 32.8 Å². The van der Waals surface area contributed by atoms with Gasteiger partial charge in [0.15, 0.2) is 5.78 Å². The molecule has 4 rings (SSSR count). The number of benzene rings is 3. The number of esters is 1. The Kier molecular flexibility index (Phi) is 7.77. The quantitative estimate of drug-likeness (QED) is 0.333. The lowest BCUT2D eigenvalue weighted by Gasteiger charge is -2.43. The van der Waals surface area contributed by atoms with E-state index in [4.69, 9.17) is 4.74 Å². The highest BCUT2D eigenvalue weighted by atomic mass is 19.4. The van der Waals surface area contributed by atoms with Gasteiger partial charge in [-0.15, -0.1) is 0 Å². The Labute approximate surface area is 228 Å². The van der Waals surface area contributed by atoms with Crippen LogP contribution in [-0.4, -0.2) is 29.8 Å². The molecule has 0 aliphatic carbocycles. The number of halogens is 3. The summed E-state index contributed by atoms with van der Waals surface area (Å²) >= 11 is 0. The zero-order chi connectivity index (χ0) is 29.2. The first-order chi connectivity index (χ1) is 19.0. The summed E-state index contributed by atoms with van der Waals surface area (Å²) in [6.45, 7) is 2.75. The number of amides is 2. The fourth-order valence-electron chi connectivity index (χ4n) is 4.79. The van der Waals surface area contributed by atoms with Gasteiger partial charge >= 0.3 is 18.2 Å². The molecule has 204 valence electrons. The Hall–Kier alpha value is -4.91. The van der Waals surface area contributed by atoms with Crippen LogP contribution in [0.25, 0.3) is 0 Å². The SMILES string of the molecule is COC(=O)c1cccc(CN2C(=O)N(c3cccc(C(F)(F)F)c3)C(C)=C(C(C)=O)C2c2ccc(C#N)cc2)c1. The van der Waals surface area contributed by atoms with Gasteiger partial charge < -0.3 is 9.64 Å². The number of carbonyl (C=O) groups excluding carboxylic acids is 3. The van der Waals surface area contributed by atoms with Crippen molar-refractivity contribution in [2.24, 2.45) is 0 Å². The normalized spacial score (nSPS) is 15.6. The minimum absolute atomic E-state index is 0.0531. The van der Waals surface area contributed by atoms with Crippen LogP contribution < -0.4 is 4.90 Å². The van der Waals surface area contributed by atoms with Crippen molar-refractivity contribution in [3.8, 4) is 6.07 Å². The summed E-state index contributed by atoms with van der Waals surface area (Å²) in [6, 6.07) is 17.5. The Morgan fingerprint density at radius 1 is 1.02 bits per heavy atom. The molecule has 0 saturated carbocycles. The molecular formula is C30H24F3N3O4. The zero-order valence-electron chi connectivity index (χ0n) is 21.8. The summed E-state index contributed by atoms with van der Waals surface area (Å²) in [7, 11) is 1.24. The van der Waals surface area contributed by atoms with Gasteiger partial charge in [0.1, 0.15) is 0 Å². The molecule has 1 aliphatic heterocycles. The molecular weight excluding hydrogens is 523 g/mol. The number of nitrogens with zero attached hydrogens (tertiary/aromatic N) is 3. The molecule has 1 heterocycles. The molecule has 0 N–H and O–H groups in total. The van der Waals surface area contributed by atoms with E-state index >= 15 is 0 Å². The van der Waals surface area contributed by atoms with E-state index in [0.29, 0.717) is 16.7 Å². The van der Waals surface area contributed by atoms with Gasteiger partial charge in [-0.25, -0.2) is 9.59 Å². The van der Waals surface area contributed by atoms with Crippen LogP contribution in [0.2, 0.25) is 0 Å². The summed E-state index contributed by atoms with van der Waals surface area (Å²) in [6.07, 6.45) is -4.64. The molecule has 0 radical (unpaired) electrons. The van der Waals surface area contributed by atoms with E-state index in [1.54, 1.807) is 48.5 Å². The van der Waals surface area contributed by atoms with Gasteiger partial charge in [-0.2, -0.15) is 18.4 Å². The molecule has 3 aromatic rings. The summed E-state index contributed by atoms with van der Waals surface area (Å²) in [5.74, 6) is -0.967. The number of allylic oxidation sites excluding steroid dienone is 1. The third-order valence-electron chi connectivity index (χ3n) is 6.61. The van der Waals surface area contributed by atoms with E-state index in [-0.39, 0.29) is 34.8 Å². The van der Waals surface area contributed by atoms with Crippen molar-refractivity contribution in [1.82, 2.24) is 4.90 Å². The molecule has 0 bridgehead atoms. The first kappa shape index (κ1) is 28.1. The van der Waals surface area contributed by atoms with E-state index in [0.717, 1.165) is 17.0 Å². The van der Waals surface area contributed by atoms with Crippen LogP contribution in [0.5, 0.6) is 0 Å². The number of rotatable bonds is 6. The highest BCUT2D eigenvalue weighted by Crippen LogP contribution is 2.41. The third-order valence-corrected chi connectivity index (χ3v) is 6.61. The number of hydrogen-bond donors (Lipinski definition) is 0. The number of alkyl halides is 3. The maximum absolute atomic E-state index is 14.1. The molecule has 1 atom stereocenters. The molecule has 0 fully saturated rings. The number of ether oxygens (including phenoxy) is 1. The van der Waals surface area contributed by atoms with Crippen molar-refractivity contribution in [2.45, 2.75) is 32.6 Å². The molecule has 2 amide bonds. The van der Waals surface area contributed by atoms with Crippen molar-refractivity contribution in [3.05, 3.63) is 112 Å². The Morgan fingerprint density at radius 2 is 1.70 bits per heavy atom. The van der Waals surface area contributed by atoms with E-state index in [1.807, 2.05) is 6.07 Å². The number of Topliss-reactive ketones (excluding diaryl/α,β-unsaturated/α-hetero) is 1. The van der Waals surface area contributed by atoms with E-state index in [2.05, 4.69) is 0 Å². The van der Waals surface area contributed by atoms with Gasteiger partial charge in [-0.3, -0.25) is 9.69 Å². The van der Waals surface area contributed by atoms with Gasteiger partial charge in [0.25, 0.3) is 0 Å². The predicted octanol–water partition coefficient (Wildman–Crippen LogP) is 6.41. The summed E-state index contributed by atoms with van der Waals surface area (Å²) in [5.41, 5.74) is 1.07. The number of urea groups is 1. The predicted molar refractivity (Wildman–Crippen MR) is 140 cm³/mol. The standard InChI is InChI=1S/C30H24F3N3O4/c1-18-26(19(2)37)27(22-12-10-20(16-34)11-13-22)35(17-21-6-4-7-23(14-21)28(38)40-3)29(39)36(18)25-9-5-8-24(15-25)30(31,32)33/h4-15,27H,17H2,1-3H3. The van der Waals surface area contributed by atoms with E-state index in [1.165, 1.54) is 38.0 Å². The number of ketones is 1. The van der Waals surface area contributed by atoms with Gasteiger partial charge in [-0.1, -0.05) is 30.3 Å². The average molecular weight is 548 g/mol. The second kappa shape index (κ2) is 11.1. The van der Waals surface area contributed by atoms with Crippen LogP contribution in [0.15, 0.2) is 84.1 Å². The molecule has 0 aromatic heterocycles. The molecule has 3 aromatic carbocycles.